The molecule has 10 nitrogen and oxygen atoms in total. The van der Waals surface area contributed by atoms with Crippen molar-refractivity contribution in [3.05, 3.63) is 27.7 Å². The molecule has 3 rings (SSSR count). The Bertz CT molecular complexity index is 807. The molecule has 21 heavy (non-hydrogen) atoms. The molecule has 0 fully saturated rings. The van der Waals surface area contributed by atoms with E-state index in [0.717, 1.165) is 0 Å². The lowest BCUT2D eigenvalue weighted by molar-refractivity contribution is -0.0131. The van der Waals surface area contributed by atoms with Gasteiger partial charge in [0.15, 0.2) is 28.8 Å². The molecule has 2 atom stereocenters. The van der Waals surface area contributed by atoms with E-state index in [0.29, 0.717) is 5.82 Å². The summed E-state index contributed by atoms with van der Waals surface area (Å²) in [7, 11) is 0. The van der Waals surface area contributed by atoms with Gasteiger partial charge in [-0.15, -0.1) is 0 Å². The number of ether oxygens (including phenoxy) is 1. The minimum Gasteiger partial charge on any atom is -0.506 e. The van der Waals surface area contributed by atoms with Crippen LogP contribution in [0.5, 0.6) is 0 Å². The van der Waals surface area contributed by atoms with Gasteiger partial charge in [0.2, 0.25) is 12.2 Å². The second-order valence-corrected chi connectivity index (χ2v) is 4.57. The number of rotatable bonds is 2. The second-order valence-electron chi connectivity index (χ2n) is 4.57. The van der Waals surface area contributed by atoms with Crippen molar-refractivity contribution in [3.63, 3.8) is 0 Å². The van der Waals surface area contributed by atoms with E-state index < -0.39 is 30.3 Å². The number of nitrogens with two attached hydrogens (primary N) is 1. The number of hydrogen-bond acceptors (Lipinski definition) is 8. The molecule has 0 saturated heterocycles. The highest BCUT2D eigenvalue weighted by atomic mass is 16.5. The average molecular weight is 295 g/mol. The van der Waals surface area contributed by atoms with Crippen molar-refractivity contribution in [1.82, 2.24) is 19.5 Å². The van der Waals surface area contributed by atoms with Gasteiger partial charge in [0, 0.05) is 0 Å². The van der Waals surface area contributed by atoms with Gasteiger partial charge in [-0.25, -0.2) is 4.98 Å². The van der Waals surface area contributed by atoms with Crippen LogP contribution in [-0.4, -0.2) is 47.5 Å². The largest absolute Gasteiger partial charge is 0.506 e. The third-order valence-corrected chi connectivity index (χ3v) is 3.24. The van der Waals surface area contributed by atoms with Crippen molar-refractivity contribution in [1.29, 1.82) is 0 Å². The van der Waals surface area contributed by atoms with Crippen molar-refractivity contribution in [2.45, 2.75) is 19.3 Å². The summed E-state index contributed by atoms with van der Waals surface area (Å²) in [5.41, 5.74) is 5.14. The van der Waals surface area contributed by atoms with Gasteiger partial charge in [0.1, 0.15) is 12.4 Å². The van der Waals surface area contributed by atoms with E-state index >= 15 is 0 Å². The molecule has 0 aromatic carbocycles. The van der Waals surface area contributed by atoms with Crippen LogP contribution in [0, 0.1) is 6.92 Å². The zero-order valence-electron chi connectivity index (χ0n) is 10.9. The Morgan fingerprint density at radius 2 is 2.19 bits per heavy atom. The first-order valence-corrected chi connectivity index (χ1v) is 6.06. The molecule has 2 aromatic rings. The summed E-state index contributed by atoms with van der Waals surface area (Å²) < 4.78 is 6.65. The van der Waals surface area contributed by atoms with Gasteiger partial charge in [-0.2, -0.15) is 4.98 Å². The van der Waals surface area contributed by atoms with Gasteiger partial charge >= 0.3 is 0 Å². The van der Waals surface area contributed by atoms with Crippen LogP contribution in [0.4, 0.5) is 5.95 Å². The van der Waals surface area contributed by atoms with Crippen molar-refractivity contribution >= 4 is 17.1 Å². The van der Waals surface area contributed by atoms with Crippen LogP contribution in [0.2, 0.25) is 0 Å². The molecule has 112 valence electrons. The minimum absolute atomic E-state index is 0.0365. The van der Waals surface area contributed by atoms with Gasteiger partial charge in [-0.05, 0) is 6.92 Å². The van der Waals surface area contributed by atoms with Crippen molar-refractivity contribution < 1.29 is 20.1 Å². The number of aryl methyl sites for hydroxylation is 1. The van der Waals surface area contributed by atoms with Gasteiger partial charge in [0.25, 0.3) is 5.56 Å². The fourth-order valence-electron chi connectivity index (χ4n) is 2.30. The van der Waals surface area contributed by atoms with Crippen LogP contribution in [-0.2, 0) is 4.74 Å². The molecule has 1 aliphatic rings. The third-order valence-electron chi connectivity index (χ3n) is 3.24. The van der Waals surface area contributed by atoms with Crippen LogP contribution in [0.25, 0.3) is 11.2 Å². The smallest absolute Gasteiger partial charge is 0.280 e. The maximum atomic E-state index is 11.8. The second kappa shape index (κ2) is 4.46. The summed E-state index contributed by atoms with van der Waals surface area (Å²) in [6.45, 7) is 1.02. The zero-order valence-corrected chi connectivity index (χ0v) is 10.9. The summed E-state index contributed by atoms with van der Waals surface area (Å²) in [6, 6.07) is 0. The summed E-state index contributed by atoms with van der Waals surface area (Å²) in [4.78, 5) is 22.1. The summed E-state index contributed by atoms with van der Waals surface area (Å²) in [5.74, 6) is -0.390. The molecule has 2 aromatic heterocycles. The van der Waals surface area contributed by atoms with E-state index in [1.54, 1.807) is 6.92 Å². The van der Waals surface area contributed by atoms with E-state index in [9.17, 15) is 15.0 Å². The monoisotopic (exact) mass is 295 g/mol. The fourth-order valence-corrected chi connectivity index (χ4v) is 2.30. The van der Waals surface area contributed by atoms with E-state index in [2.05, 4.69) is 15.0 Å². The van der Waals surface area contributed by atoms with E-state index in [1.165, 1.54) is 4.57 Å². The molecule has 1 aliphatic heterocycles. The summed E-state index contributed by atoms with van der Waals surface area (Å²) in [5, 5.41) is 28.8. The molecule has 0 aliphatic carbocycles. The van der Waals surface area contributed by atoms with Crippen LogP contribution < -0.4 is 11.3 Å². The molecule has 1 unspecified atom stereocenters. The van der Waals surface area contributed by atoms with E-state index in [4.69, 9.17) is 15.6 Å². The van der Waals surface area contributed by atoms with E-state index in [1.807, 2.05) is 0 Å². The Kier molecular flexibility index (Phi) is 2.85. The Labute approximate surface area is 117 Å². The van der Waals surface area contributed by atoms with Crippen LogP contribution in [0.1, 0.15) is 12.1 Å². The molecule has 0 bridgehead atoms. The lowest BCUT2D eigenvalue weighted by atomic mass is 10.2. The SMILES string of the molecule is Cc1nc2c(=O)[nH]c(N)nc2n1[C@@H]1OC(CO)=C(O)C1O. The first-order chi connectivity index (χ1) is 9.93. The number of aromatic amines is 1. The van der Waals surface area contributed by atoms with Crippen molar-refractivity contribution in [2.75, 3.05) is 12.3 Å². The lowest BCUT2D eigenvalue weighted by Gasteiger charge is -2.18. The highest BCUT2D eigenvalue weighted by Crippen LogP contribution is 2.33. The highest BCUT2D eigenvalue weighted by molar-refractivity contribution is 5.71. The van der Waals surface area contributed by atoms with Gasteiger partial charge in [-0.3, -0.25) is 14.3 Å². The molecule has 6 N–H and O–H groups in total. The standard InChI is InChI=1S/C11H13N5O5/c1-3-13-5-8(14-11(12)15-9(5)20)16(3)10-7(19)6(18)4(2-17)21-10/h7,10,17-19H,2H2,1H3,(H3,12,14,15,20)/t7?,10-/m1/s1. The number of imidazole rings is 1. The van der Waals surface area contributed by atoms with Crippen LogP contribution >= 0.6 is 0 Å². The number of anilines is 1. The lowest BCUT2D eigenvalue weighted by Crippen LogP contribution is -2.24. The van der Waals surface area contributed by atoms with E-state index in [-0.39, 0.29) is 22.9 Å². The number of aliphatic hydroxyl groups excluding tert-OH is 3. The molecule has 0 saturated carbocycles. The average Bonchev–Trinajstić information content (AvgIpc) is 2.89. The van der Waals surface area contributed by atoms with Crippen molar-refractivity contribution in [2.24, 2.45) is 0 Å². The first kappa shape index (κ1) is 13.4. The summed E-state index contributed by atoms with van der Waals surface area (Å²) in [6.07, 6.45) is -2.50. The maximum absolute atomic E-state index is 11.8. The molecule has 10 heteroatoms. The number of nitrogens with zero attached hydrogens (tertiary/aromatic N) is 3. The maximum Gasteiger partial charge on any atom is 0.280 e. The number of nitrogens with one attached hydrogen (secondary N) is 1. The number of H-pyrrole nitrogens is 1. The van der Waals surface area contributed by atoms with Gasteiger partial charge < -0.3 is 25.8 Å². The van der Waals surface area contributed by atoms with Crippen molar-refractivity contribution in [3.8, 4) is 0 Å². The topological polar surface area (TPSA) is 160 Å². The number of fused-ring (bicyclic) bond motifs is 1. The van der Waals surface area contributed by atoms with Gasteiger partial charge in [0.05, 0.1) is 0 Å². The van der Waals surface area contributed by atoms with Crippen LogP contribution in [0.15, 0.2) is 16.3 Å². The normalized spacial score (nSPS) is 22.0. The fraction of sp³-hybridized carbons (Fsp3) is 0.364. The van der Waals surface area contributed by atoms with Gasteiger partial charge in [-0.1, -0.05) is 0 Å². The molecular formula is C11H13N5O5. The third kappa shape index (κ3) is 1.84. The number of nitrogen functional groups attached to an aromatic ring is 1. The molecule has 0 spiro atoms. The first-order valence-electron chi connectivity index (χ1n) is 6.06. The summed E-state index contributed by atoms with van der Waals surface area (Å²) >= 11 is 0. The number of aromatic nitrogens is 4. The quantitative estimate of drug-likeness (QED) is 0.455. The van der Waals surface area contributed by atoms with Crippen LogP contribution in [0.3, 0.4) is 0 Å². The Morgan fingerprint density at radius 1 is 1.48 bits per heavy atom. The Hall–Kier alpha value is -2.59. The predicted octanol–water partition coefficient (Wildman–Crippen LogP) is -1.34. The molecular weight excluding hydrogens is 282 g/mol. The Morgan fingerprint density at radius 3 is 2.81 bits per heavy atom. The minimum atomic E-state index is -1.41. The zero-order chi connectivity index (χ0) is 15.3. The number of hydrogen-bond donors (Lipinski definition) is 5. The number of aliphatic hydroxyl groups is 3. The molecule has 0 amide bonds. The predicted molar refractivity (Wildman–Crippen MR) is 70.2 cm³/mol. The Balaban J connectivity index is 2.19. The highest BCUT2D eigenvalue weighted by Gasteiger charge is 2.38. The molecule has 0 radical (unpaired) electrons. The molecule has 3 heterocycles.